The zero-order valence-corrected chi connectivity index (χ0v) is 9.58. The van der Waals surface area contributed by atoms with E-state index in [1.807, 2.05) is 0 Å². The molecule has 0 unspecified atom stereocenters. The first kappa shape index (κ1) is 11.9. The van der Waals surface area contributed by atoms with E-state index in [2.05, 4.69) is 0 Å². The number of aromatic hydroxyl groups is 1. The molecular formula is C15H12O3. The van der Waals surface area contributed by atoms with Crippen molar-refractivity contribution in [3.63, 3.8) is 0 Å². The van der Waals surface area contributed by atoms with Gasteiger partial charge in [-0.05, 0) is 29.3 Å². The Kier molecular flexibility index (Phi) is 3.44. The van der Waals surface area contributed by atoms with Crippen LogP contribution in [-0.2, 0) is 0 Å². The molecule has 90 valence electrons. The van der Waals surface area contributed by atoms with Crippen LogP contribution in [0.5, 0.6) is 5.75 Å². The number of hydrogen-bond acceptors (Lipinski definition) is 2. The summed E-state index contributed by atoms with van der Waals surface area (Å²) in [6.07, 6.45) is 3.55. The van der Waals surface area contributed by atoms with E-state index in [-0.39, 0.29) is 11.3 Å². The third-order valence-electron chi connectivity index (χ3n) is 2.54. The largest absolute Gasteiger partial charge is 0.508 e. The molecule has 0 aliphatic heterocycles. The summed E-state index contributed by atoms with van der Waals surface area (Å²) in [5.74, 6) is -0.737. The average molecular weight is 240 g/mol. The van der Waals surface area contributed by atoms with Crippen molar-refractivity contribution in [1.29, 1.82) is 0 Å². The molecule has 18 heavy (non-hydrogen) atoms. The highest BCUT2D eigenvalue weighted by molar-refractivity contribution is 5.93. The zero-order chi connectivity index (χ0) is 13.0. The molecule has 0 saturated heterocycles. The van der Waals surface area contributed by atoms with Gasteiger partial charge in [-0.1, -0.05) is 42.5 Å². The summed E-state index contributed by atoms with van der Waals surface area (Å²) in [4.78, 5) is 11.0. The number of hydrogen-bond donors (Lipinski definition) is 2. The Hall–Kier alpha value is -2.55. The van der Waals surface area contributed by atoms with Crippen LogP contribution < -0.4 is 0 Å². The fraction of sp³-hybridized carbons (Fsp3) is 0. The summed E-state index contributed by atoms with van der Waals surface area (Å²) in [7, 11) is 0. The van der Waals surface area contributed by atoms with Gasteiger partial charge in [-0.25, -0.2) is 4.79 Å². The average Bonchev–Trinajstić information content (AvgIpc) is 2.38. The van der Waals surface area contributed by atoms with Gasteiger partial charge in [0.2, 0.25) is 0 Å². The van der Waals surface area contributed by atoms with Crippen LogP contribution in [0.1, 0.15) is 21.5 Å². The summed E-state index contributed by atoms with van der Waals surface area (Å²) in [6, 6.07) is 13.5. The molecule has 0 atom stereocenters. The van der Waals surface area contributed by atoms with E-state index in [0.717, 1.165) is 5.56 Å². The Balaban J connectivity index is 2.29. The quantitative estimate of drug-likeness (QED) is 0.809. The number of carboxylic acids is 1. The highest BCUT2D eigenvalue weighted by Crippen LogP contribution is 2.15. The van der Waals surface area contributed by atoms with Crippen LogP contribution in [0.2, 0.25) is 0 Å². The highest BCUT2D eigenvalue weighted by Gasteiger charge is 2.05. The van der Waals surface area contributed by atoms with Gasteiger partial charge in [0.05, 0.1) is 5.56 Å². The summed E-state index contributed by atoms with van der Waals surface area (Å²) in [6.45, 7) is 0. The molecule has 2 aromatic rings. The van der Waals surface area contributed by atoms with Crippen molar-refractivity contribution >= 4 is 18.1 Å². The number of carbonyl (C=O) groups is 1. The Morgan fingerprint density at radius 3 is 2.28 bits per heavy atom. The Bertz CT molecular complexity index is 583. The topological polar surface area (TPSA) is 57.5 Å². The monoisotopic (exact) mass is 240 g/mol. The van der Waals surface area contributed by atoms with Crippen molar-refractivity contribution in [3.8, 4) is 5.75 Å². The second-order valence-corrected chi connectivity index (χ2v) is 3.82. The molecule has 0 aliphatic rings. The number of phenolic OH excluding ortho intramolecular Hbond substituents is 1. The van der Waals surface area contributed by atoms with Crippen molar-refractivity contribution in [2.45, 2.75) is 0 Å². The predicted octanol–water partition coefficient (Wildman–Crippen LogP) is 3.26. The molecule has 0 aliphatic carbocycles. The van der Waals surface area contributed by atoms with Gasteiger partial charge in [-0.15, -0.1) is 0 Å². The lowest BCUT2D eigenvalue weighted by molar-refractivity contribution is 0.0696. The maximum absolute atomic E-state index is 11.0. The fourth-order valence-electron chi connectivity index (χ4n) is 1.61. The first-order valence-electron chi connectivity index (χ1n) is 5.46. The van der Waals surface area contributed by atoms with Crippen LogP contribution in [0, 0.1) is 0 Å². The predicted molar refractivity (Wildman–Crippen MR) is 70.4 cm³/mol. The van der Waals surface area contributed by atoms with Crippen LogP contribution in [0.4, 0.5) is 0 Å². The maximum atomic E-state index is 11.0. The van der Waals surface area contributed by atoms with E-state index in [4.69, 9.17) is 10.2 Å². The van der Waals surface area contributed by atoms with Gasteiger partial charge in [0.1, 0.15) is 5.75 Å². The Morgan fingerprint density at radius 1 is 0.944 bits per heavy atom. The van der Waals surface area contributed by atoms with Gasteiger partial charge in [-0.3, -0.25) is 0 Å². The molecule has 2 rings (SSSR count). The second-order valence-electron chi connectivity index (χ2n) is 3.82. The lowest BCUT2D eigenvalue weighted by Crippen LogP contribution is -1.98. The molecule has 0 bridgehead atoms. The van der Waals surface area contributed by atoms with E-state index in [1.54, 1.807) is 60.7 Å². The number of phenols is 1. The van der Waals surface area contributed by atoms with Gasteiger partial charge in [0.25, 0.3) is 0 Å². The molecule has 0 amide bonds. The molecule has 0 spiro atoms. The number of rotatable bonds is 3. The van der Waals surface area contributed by atoms with Crippen LogP contribution in [0.25, 0.3) is 12.2 Å². The molecule has 3 heteroatoms. The van der Waals surface area contributed by atoms with E-state index in [1.165, 1.54) is 0 Å². The number of aromatic carboxylic acids is 1. The van der Waals surface area contributed by atoms with Crippen molar-refractivity contribution < 1.29 is 15.0 Å². The second kappa shape index (κ2) is 5.19. The lowest BCUT2D eigenvalue weighted by Gasteiger charge is -2.00. The number of benzene rings is 2. The normalized spacial score (nSPS) is 10.7. The van der Waals surface area contributed by atoms with E-state index < -0.39 is 5.97 Å². The molecule has 0 radical (unpaired) electrons. The van der Waals surface area contributed by atoms with Crippen LogP contribution >= 0.6 is 0 Å². The smallest absolute Gasteiger partial charge is 0.336 e. The molecular weight excluding hydrogens is 228 g/mol. The minimum atomic E-state index is -0.944. The van der Waals surface area contributed by atoms with Crippen LogP contribution in [0.3, 0.4) is 0 Å². The van der Waals surface area contributed by atoms with E-state index >= 15 is 0 Å². The standard InChI is InChI=1S/C15H12O3/c16-13-9-6-11(7-10-13)5-8-12-3-1-2-4-14(12)15(17)18/h1-10,16H,(H,17,18)/b8-5+. The Morgan fingerprint density at radius 2 is 1.61 bits per heavy atom. The van der Waals surface area contributed by atoms with Crippen molar-refractivity contribution in [2.24, 2.45) is 0 Å². The highest BCUT2D eigenvalue weighted by atomic mass is 16.4. The third kappa shape index (κ3) is 2.77. The minimum Gasteiger partial charge on any atom is -0.508 e. The van der Waals surface area contributed by atoms with Gasteiger partial charge in [0, 0.05) is 0 Å². The van der Waals surface area contributed by atoms with Crippen molar-refractivity contribution in [1.82, 2.24) is 0 Å². The minimum absolute atomic E-state index is 0.207. The van der Waals surface area contributed by atoms with Crippen molar-refractivity contribution in [3.05, 3.63) is 65.2 Å². The van der Waals surface area contributed by atoms with Gasteiger partial charge >= 0.3 is 5.97 Å². The Labute approximate surface area is 105 Å². The van der Waals surface area contributed by atoms with Crippen LogP contribution in [0.15, 0.2) is 48.5 Å². The zero-order valence-electron chi connectivity index (χ0n) is 9.58. The SMILES string of the molecule is O=C(O)c1ccccc1/C=C/c1ccc(O)cc1. The van der Waals surface area contributed by atoms with Crippen LogP contribution in [-0.4, -0.2) is 16.2 Å². The molecule has 0 fully saturated rings. The van der Waals surface area contributed by atoms with E-state index in [9.17, 15) is 4.79 Å². The van der Waals surface area contributed by atoms with Crippen molar-refractivity contribution in [2.75, 3.05) is 0 Å². The summed E-state index contributed by atoms with van der Waals surface area (Å²) in [5, 5.41) is 18.2. The molecule has 2 N–H and O–H groups in total. The fourth-order valence-corrected chi connectivity index (χ4v) is 1.61. The molecule has 0 heterocycles. The first-order chi connectivity index (χ1) is 8.66. The molecule has 0 aromatic heterocycles. The lowest BCUT2D eigenvalue weighted by atomic mass is 10.1. The number of carboxylic acid groups (broad SMARTS) is 1. The van der Waals surface area contributed by atoms with E-state index in [0.29, 0.717) is 5.56 Å². The summed E-state index contributed by atoms with van der Waals surface area (Å²) in [5.41, 5.74) is 1.82. The summed E-state index contributed by atoms with van der Waals surface area (Å²) < 4.78 is 0. The third-order valence-corrected chi connectivity index (χ3v) is 2.54. The molecule has 2 aromatic carbocycles. The van der Waals surface area contributed by atoms with Gasteiger partial charge in [0.15, 0.2) is 0 Å². The molecule has 3 nitrogen and oxygen atoms in total. The summed E-state index contributed by atoms with van der Waals surface area (Å²) >= 11 is 0. The van der Waals surface area contributed by atoms with Gasteiger partial charge in [-0.2, -0.15) is 0 Å². The van der Waals surface area contributed by atoms with Gasteiger partial charge < -0.3 is 10.2 Å². The molecule has 0 saturated carbocycles. The maximum Gasteiger partial charge on any atom is 0.336 e. The first-order valence-corrected chi connectivity index (χ1v) is 5.46.